The third-order valence-electron chi connectivity index (χ3n) is 3.41. The van der Waals surface area contributed by atoms with E-state index in [0.29, 0.717) is 25.6 Å². The van der Waals surface area contributed by atoms with Gasteiger partial charge in [0.25, 0.3) is 0 Å². The highest BCUT2D eigenvalue weighted by Crippen LogP contribution is 2.16. The zero-order valence-corrected chi connectivity index (χ0v) is 16.0. The molecule has 0 atom stereocenters. The summed E-state index contributed by atoms with van der Waals surface area (Å²) < 4.78 is 5.77. The van der Waals surface area contributed by atoms with Crippen LogP contribution in [0.15, 0.2) is 29.5 Å². The van der Waals surface area contributed by atoms with Gasteiger partial charge in [-0.25, -0.2) is 15.0 Å². The van der Waals surface area contributed by atoms with Crippen LogP contribution in [-0.2, 0) is 13.1 Å². The number of aliphatic imine (C=N–C) groups is 1. The second-order valence-electron chi connectivity index (χ2n) is 5.58. The molecule has 0 spiro atoms. The zero-order valence-electron chi connectivity index (χ0n) is 15.2. The Morgan fingerprint density at radius 2 is 2.16 bits per heavy atom. The lowest BCUT2D eigenvalue weighted by atomic mass is 10.3. The number of nitrogens with one attached hydrogen (secondary N) is 2. The number of pyridine rings is 1. The maximum Gasteiger partial charge on any atom is 0.218 e. The molecule has 0 amide bonds. The molecule has 2 aromatic heterocycles. The number of aromatic nitrogens is 2. The number of ether oxygens (including phenoxy) is 1. The Bertz CT molecular complexity index is 671. The summed E-state index contributed by atoms with van der Waals surface area (Å²) in [6, 6.07) is 3.92. The highest BCUT2D eigenvalue weighted by atomic mass is 32.1. The molecule has 136 valence electrons. The van der Waals surface area contributed by atoms with Gasteiger partial charge in [-0.05, 0) is 26.3 Å². The van der Waals surface area contributed by atoms with E-state index in [1.54, 1.807) is 17.5 Å². The fourth-order valence-electron chi connectivity index (χ4n) is 2.14. The third kappa shape index (κ3) is 6.70. The fraction of sp³-hybridized carbons (Fsp3) is 0.500. The Morgan fingerprint density at radius 3 is 2.88 bits per heavy atom. The minimum absolute atomic E-state index is 0.515. The summed E-state index contributed by atoms with van der Waals surface area (Å²) in [4.78, 5) is 14.6. The number of hydrogen-bond donors (Lipinski definition) is 2. The van der Waals surface area contributed by atoms with Crippen LogP contribution in [-0.4, -0.2) is 29.1 Å². The molecule has 0 unspecified atom stereocenters. The van der Waals surface area contributed by atoms with Crippen LogP contribution in [0.5, 0.6) is 5.88 Å². The van der Waals surface area contributed by atoms with Crippen molar-refractivity contribution in [1.82, 2.24) is 20.6 Å². The number of guanidine groups is 1. The van der Waals surface area contributed by atoms with Crippen LogP contribution < -0.4 is 15.4 Å². The number of rotatable bonds is 9. The Hall–Kier alpha value is -2.15. The molecule has 7 heteroatoms. The minimum atomic E-state index is 0.515. The summed E-state index contributed by atoms with van der Waals surface area (Å²) in [5.41, 5.74) is 0.987. The van der Waals surface area contributed by atoms with Gasteiger partial charge in [-0.3, -0.25) is 0 Å². The van der Waals surface area contributed by atoms with E-state index >= 15 is 0 Å². The van der Waals surface area contributed by atoms with Crippen LogP contribution in [0.2, 0.25) is 0 Å². The quantitative estimate of drug-likeness (QED) is 0.407. The molecule has 2 rings (SSSR count). The molecule has 0 aromatic carbocycles. The Labute approximate surface area is 153 Å². The van der Waals surface area contributed by atoms with Crippen molar-refractivity contribution in [3.05, 3.63) is 40.0 Å². The minimum Gasteiger partial charge on any atom is -0.477 e. The van der Waals surface area contributed by atoms with Crippen molar-refractivity contribution in [3.8, 4) is 5.88 Å². The standard InChI is InChI=1S/C18H27N5OS/c1-4-6-10-24-17-15(8-7-9-20-17)12-22-18(19-5-2)23-13-16-21-11-14(3)25-16/h7-9,11H,4-6,10,12-13H2,1-3H3,(H2,19,22,23). The van der Waals surface area contributed by atoms with Gasteiger partial charge < -0.3 is 15.4 Å². The van der Waals surface area contributed by atoms with Gasteiger partial charge in [-0.15, -0.1) is 11.3 Å². The topological polar surface area (TPSA) is 71.4 Å². The van der Waals surface area contributed by atoms with Crippen LogP contribution in [0.4, 0.5) is 0 Å². The molecule has 0 bridgehead atoms. The van der Waals surface area contributed by atoms with E-state index < -0.39 is 0 Å². The molecule has 0 aliphatic heterocycles. The normalized spacial score (nSPS) is 11.4. The number of aryl methyl sites for hydroxylation is 1. The first-order chi connectivity index (χ1) is 12.2. The maximum atomic E-state index is 5.77. The maximum absolute atomic E-state index is 5.77. The van der Waals surface area contributed by atoms with Gasteiger partial charge in [0.1, 0.15) is 5.01 Å². The highest BCUT2D eigenvalue weighted by molar-refractivity contribution is 7.11. The van der Waals surface area contributed by atoms with E-state index in [-0.39, 0.29) is 0 Å². The monoisotopic (exact) mass is 361 g/mol. The first kappa shape index (κ1) is 19.2. The SMILES string of the molecule is CCCCOc1ncccc1CN=C(NCC)NCc1ncc(C)s1. The van der Waals surface area contributed by atoms with Gasteiger partial charge >= 0.3 is 0 Å². The fourth-order valence-corrected chi connectivity index (χ4v) is 2.86. The summed E-state index contributed by atoms with van der Waals surface area (Å²) in [7, 11) is 0. The summed E-state index contributed by atoms with van der Waals surface area (Å²) in [5.74, 6) is 1.44. The summed E-state index contributed by atoms with van der Waals surface area (Å²) in [6.07, 6.45) is 5.77. The molecule has 2 aromatic rings. The summed E-state index contributed by atoms with van der Waals surface area (Å²) in [5, 5.41) is 7.62. The predicted octanol–water partition coefficient (Wildman–Crippen LogP) is 3.28. The van der Waals surface area contributed by atoms with Crippen molar-refractivity contribution in [2.45, 2.75) is 46.7 Å². The largest absolute Gasteiger partial charge is 0.477 e. The second-order valence-corrected chi connectivity index (χ2v) is 6.90. The van der Waals surface area contributed by atoms with Crippen molar-refractivity contribution in [2.75, 3.05) is 13.2 Å². The van der Waals surface area contributed by atoms with E-state index in [9.17, 15) is 0 Å². The molecule has 2 N–H and O–H groups in total. The molecule has 0 saturated carbocycles. The van der Waals surface area contributed by atoms with Crippen molar-refractivity contribution < 1.29 is 4.74 Å². The van der Waals surface area contributed by atoms with E-state index in [0.717, 1.165) is 35.9 Å². The number of hydrogen-bond acceptors (Lipinski definition) is 5. The van der Waals surface area contributed by atoms with Crippen molar-refractivity contribution >= 4 is 17.3 Å². The van der Waals surface area contributed by atoms with Gasteiger partial charge in [0.15, 0.2) is 5.96 Å². The second kappa shape index (κ2) is 10.7. The smallest absolute Gasteiger partial charge is 0.218 e. The van der Waals surface area contributed by atoms with Gasteiger partial charge in [-0.2, -0.15) is 0 Å². The predicted molar refractivity (Wildman–Crippen MR) is 103 cm³/mol. The molecule has 0 saturated heterocycles. The number of unbranched alkanes of at least 4 members (excludes halogenated alkanes) is 1. The first-order valence-corrected chi connectivity index (χ1v) is 9.54. The molecule has 0 fully saturated rings. The van der Waals surface area contributed by atoms with Gasteiger partial charge in [0, 0.05) is 29.4 Å². The molecule has 0 aliphatic carbocycles. The molecule has 6 nitrogen and oxygen atoms in total. The van der Waals surface area contributed by atoms with Crippen LogP contribution in [0.1, 0.15) is 42.1 Å². The molecule has 2 heterocycles. The Morgan fingerprint density at radius 1 is 1.28 bits per heavy atom. The van der Waals surface area contributed by atoms with Crippen LogP contribution in [0.25, 0.3) is 0 Å². The average molecular weight is 362 g/mol. The lowest BCUT2D eigenvalue weighted by Crippen LogP contribution is -2.36. The van der Waals surface area contributed by atoms with Gasteiger partial charge in [-0.1, -0.05) is 19.4 Å². The van der Waals surface area contributed by atoms with E-state index in [4.69, 9.17) is 4.74 Å². The number of nitrogens with zero attached hydrogens (tertiary/aromatic N) is 3. The highest BCUT2D eigenvalue weighted by Gasteiger charge is 2.06. The summed E-state index contributed by atoms with van der Waals surface area (Å²) in [6.45, 7) is 8.92. The van der Waals surface area contributed by atoms with Crippen molar-refractivity contribution in [2.24, 2.45) is 4.99 Å². The molecule has 25 heavy (non-hydrogen) atoms. The van der Waals surface area contributed by atoms with Crippen molar-refractivity contribution in [3.63, 3.8) is 0 Å². The molecule has 0 aliphatic rings. The third-order valence-corrected chi connectivity index (χ3v) is 4.33. The van der Waals surface area contributed by atoms with Gasteiger partial charge in [0.2, 0.25) is 5.88 Å². The number of thiazole rings is 1. The first-order valence-electron chi connectivity index (χ1n) is 8.73. The van der Waals surface area contributed by atoms with E-state index in [1.165, 1.54) is 4.88 Å². The Balaban J connectivity index is 1.97. The van der Waals surface area contributed by atoms with Crippen LogP contribution in [0, 0.1) is 6.92 Å². The zero-order chi connectivity index (χ0) is 17.9. The van der Waals surface area contributed by atoms with E-state index in [1.807, 2.05) is 25.3 Å². The molecule has 0 radical (unpaired) electrons. The molecular formula is C18H27N5OS. The lowest BCUT2D eigenvalue weighted by molar-refractivity contribution is 0.294. The van der Waals surface area contributed by atoms with Crippen LogP contribution in [0.3, 0.4) is 0 Å². The van der Waals surface area contributed by atoms with Gasteiger partial charge in [0.05, 0.1) is 19.7 Å². The summed E-state index contributed by atoms with van der Waals surface area (Å²) >= 11 is 1.69. The average Bonchev–Trinajstić information content (AvgIpc) is 3.04. The molecular weight excluding hydrogens is 334 g/mol. The van der Waals surface area contributed by atoms with Crippen LogP contribution >= 0.6 is 11.3 Å². The lowest BCUT2D eigenvalue weighted by Gasteiger charge is -2.11. The Kier molecular flexibility index (Phi) is 8.18. The van der Waals surface area contributed by atoms with E-state index in [2.05, 4.69) is 39.4 Å². The van der Waals surface area contributed by atoms with Crippen molar-refractivity contribution in [1.29, 1.82) is 0 Å².